The van der Waals surface area contributed by atoms with E-state index in [9.17, 15) is 0 Å². The number of rotatable bonds is 4. The van der Waals surface area contributed by atoms with Gasteiger partial charge in [-0.15, -0.1) is 0 Å². The van der Waals surface area contributed by atoms with Crippen molar-refractivity contribution in [3.8, 4) is 5.75 Å². The Morgan fingerprint density at radius 3 is 2.20 bits per heavy atom. The zero-order valence-corrected chi connectivity index (χ0v) is 12.3. The molecule has 0 aromatic heterocycles. The molecule has 3 rings (SSSR count). The van der Waals surface area contributed by atoms with Gasteiger partial charge in [0.2, 0.25) is 0 Å². The number of ether oxygens (including phenoxy) is 1. The molecule has 20 heavy (non-hydrogen) atoms. The Morgan fingerprint density at radius 1 is 0.900 bits per heavy atom. The first kappa shape index (κ1) is 13.5. The van der Waals surface area contributed by atoms with Crippen LogP contribution in [0.25, 0.3) is 0 Å². The van der Waals surface area contributed by atoms with E-state index in [-0.39, 0.29) is 0 Å². The molecule has 0 aliphatic heterocycles. The predicted molar refractivity (Wildman–Crippen MR) is 83.4 cm³/mol. The maximum Gasteiger partial charge on any atom is 0.119 e. The molecule has 2 heteroatoms. The van der Waals surface area contributed by atoms with Crippen LogP contribution in [0.5, 0.6) is 5.75 Å². The SMILES string of the molecule is Clc1ccc(COc2ccc(C3CCCC3)cc2)cc1. The van der Waals surface area contributed by atoms with Gasteiger partial charge in [0.05, 0.1) is 0 Å². The molecule has 1 saturated carbocycles. The van der Waals surface area contributed by atoms with Crippen LogP contribution in [0.2, 0.25) is 5.02 Å². The van der Waals surface area contributed by atoms with Crippen LogP contribution in [0.4, 0.5) is 0 Å². The standard InChI is InChI=1S/C18H19ClO/c19-17-9-5-14(6-10-17)13-20-18-11-7-16(8-12-18)15-3-1-2-4-15/h5-12,15H,1-4,13H2. The van der Waals surface area contributed by atoms with Crippen LogP contribution in [0, 0.1) is 0 Å². The Kier molecular flexibility index (Phi) is 4.27. The van der Waals surface area contributed by atoms with Gasteiger partial charge in [0, 0.05) is 5.02 Å². The molecule has 0 heterocycles. The lowest BCUT2D eigenvalue weighted by Crippen LogP contribution is -1.96. The molecule has 0 radical (unpaired) electrons. The van der Waals surface area contributed by atoms with Gasteiger partial charge >= 0.3 is 0 Å². The van der Waals surface area contributed by atoms with Crippen LogP contribution in [0.15, 0.2) is 48.5 Å². The maximum absolute atomic E-state index is 5.87. The Morgan fingerprint density at radius 2 is 1.55 bits per heavy atom. The summed E-state index contributed by atoms with van der Waals surface area (Å²) in [5.74, 6) is 1.70. The van der Waals surface area contributed by atoms with Gasteiger partial charge in [-0.2, -0.15) is 0 Å². The van der Waals surface area contributed by atoms with Crippen LogP contribution >= 0.6 is 11.6 Å². The summed E-state index contributed by atoms with van der Waals surface area (Å²) in [6.45, 7) is 0.583. The molecule has 0 saturated heterocycles. The molecule has 1 fully saturated rings. The molecule has 0 bridgehead atoms. The monoisotopic (exact) mass is 286 g/mol. The first-order valence-electron chi connectivity index (χ1n) is 7.28. The first-order chi connectivity index (χ1) is 9.81. The summed E-state index contributed by atoms with van der Waals surface area (Å²) in [6.07, 6.45) is 5.43. The lowest BCUT2D eigenvalue weighted by molar-refractivity contribution is 0.306. The molecule has 0 spiro atoms. The molecular weight excluding hydrogens is 268 g/mol. The average Bonchev–Trinajstić information content (AvgIpc) is 3.01. The molecule has 2 aromatic carbocycles. The second-order valence-electron chi connectivity index (χ2n) is 5.47. The van der Waals surface area contributed by atoms with Crippen molar-refractivity contribution in [2.75, 3.05) is 0 Å². The summed E-state index contributed by atoms with van der Waals surface area (Å²) in [5, 5.41) is 0.759. The fourth-order valence-corrected chi connectivity index (χ4v) is 2.97. The van der Waals surface area contributed by atoms with Gasteiger partial charge in [-0.3, -0.25) is 0 Å². The Bertz CT molecular complexity index is 539. The minimum Gasteiger partial charge on any atom is -0.489 e. The second-order valence-corrected chi connectivity index (χ2v) is 5.90. The van der Waals surface area contributed by atoms with Crippen LogP contribution in [0.1, 0.15) is 42.7 Å². The quantitative estimate of drug-likeness (QED) is 0.713. The normalized spacial score (nSPS) is 15.4. The molecule has 0 atom stereocenters. The molecule has 1 nitrogen and oxygen atoms in total. The third kappa shape index (κ3) is 3.34. The Hall–Kier alpha value is -1.47. The van der Waals surface area contributed by atoms with Crippen LogP contribution in [0.3, 0.4) is 0 Å². The molecule has 104 valence electrons. The summed E-state index contributed by atoms with van der Waals surface area (Å²) in [5.41, 5.74) is 2.59. The number of halogens is 1. The summed E-state index contributed by atoms with van der Waals surface area (Å²) in [6, 6.07) is 16.4. The first-order valence-corrected chi connectivity index (χ1v) is 7.66. The fraction of sp³-hybridized carbons (Fsp3) is 0.333. The predicted octanol–water partition coefficient (Wildman–Crippen LogP) is 5.58. The topological polar surface area (TPSA) is 9.23 Å². The van der Waals surface area contributed by atoms with Crippen LogP contribution < -0.4 is 4.74 Å². The number of hydrogen-bond donors (Lipinski definition) is 0. The second kappa shape index (κ2) is 6.32. The highest BCUT2D eigenvalue weighted by Crippen LogP contribution is 2.34. The van der Waals surface area contributed by atoms with Gasteiger partial charge in [0.15, 0.2) is 0 Å². The van der Waals surface area contributed by atoms with Gasteiger partial charge < -0.3 is 4.74 Å². The van der Waals surface area contributed by atoms with E-state index in [0.717, 1.165) is 22.3 Å². The lowest BCUT2D eigenvalue weighted by atomic mass is 9.98. The lowest BCUT2D eigenvalue weighted by Gasteiger charge is -2.11. The Labute approximate surface area is 125 Å². The van der Waals surface area contributed by atoms with Crippen molar-refractivity contribution < 1.29 is 4.74 Å². The summed E-state index contributed by atoms with van der Waals surface area (Å²) < 4.78 is 5.81. The zero-order valence-electron chi connectivity index (χ0n) is 11.5. The van der Waals surface area contributed by atoms with Gasteiger partial charge in [-0.25, -0.2) is 0 Å². The minimum absolute atomic E-state index is 0.583. The van der Waals surface area contributed by atoms with E-state index >= 15 is 0 Å². The highest BCUT2D eigenvalue weighted by molar-refractivity contribution is 6.30. The van der Waals surface area contributed by atoms with Crippen molar-refractivity contribution in [3.63, 3.8) is 0 Å². The molecule has 0 amide bonds. The molecule has 0 N–H and O–H groups in total. The number of hydrogen-bond acceptors (Lipinski definition) is 1. The van der Waals surface area contributed by atoms with E-state index < -0.39 is 0 Å². The van der Waals surface area contributed by atoms with Crippen molar-refractivity contribution in [1.29, 1.82) is 0 Å². The number of benzene rings is 2. The van der Waals surface area contributed by atoms with Gasteiger partial charge in [0.25, 0.3) is 0 Å². The average molecular weight is 287 g/mol. The van der Waals surface area contributed by atoms with Crippen molar-refractivity contribution >= 4 is 11.6 Å². The molecule has 1 aliphatic rings. The van der Waals surface area contributed by atoms with E-state index in [1.165, 1.54) is 31.2 Å². The molecule has 2 aromatic rings. The fourth-order valence-electron chi connectivity index (χ4n) is 2.84. The van der Waals surface area contributed by atoms with E-state index in [4.69, 9.17) is 16.3 Å². The molecule has 1 aliphatic carbocycles. The summed E-state index contributed by atoms with van der Waals surface area (Å²) in [7, 11) is 0. The van der Waals surface area contributed by atoms with Crippen molar-refractivity contribution in [2.45, 2.75) is 38.2 Å². The van der Waals surface area contributed by atoms with Gasteiger partial charge in [0.1, 0.15) is 12.4 Å². The zero-order chi connectivity index (χ0) is 13.8. The van der Waals surface area contributed by atoms with E-state index in [1.807, 2.05) is 24.3 Å². The van der Waals surface area contributed by atoms with E-state index in [2.05, 4.69) is 24.3 Å². The third-order valence-electron chi connectivity index (χ3n) is 4.03. The third-order valence-corrected chi connectivity index (χ3v) is 4.28. The van der Waals surface area contributed by atoms with E-state index in [0.29, 0.717) is 6.61 Å². The largest absolute Gasteiger partial charge is 0.489 e. The highest BCUT2D eigenvalue weighted by Gasteiger charge is 2.16. The maximum atomic E-state index is 5.87. The Balaban J connectivity index is 1.59. The van der Waals surface area contributed by atoms with Gasteiger partial charge in [-0.05, 0) is 54.2 Å². The summed E-state index contributed by atoms with van der Waals surface area (Å²) >= 11 is 5.87. The minimum atomic E-state index is 0.583. The smallest absolute Gasteiger partial charge is 0.119 e. The van der Waals surface area contributed by atoms with Crippen molar-refractivity contribution in [3.05, 3.63) is 64.7 Å². The van der Waals surface area contributed by atoms with Crippen molar-refractivity contribution in [1.82, 2.24) is 0 Å². The summed E-state index contributed by atoms with van der Waals surface area (Å²) in [4.78, 5) is 0. The van der Waals surface area contributed by atoms with Crippen molar-refractivity contribution in [2.24, 2.45) is 0 Å². The van der Waals surface area contributed by atoms with Crippen LogP contribution in [-0.2, 0) is 6.61 Å². The molecule has 0 unspecified atom stereocenters. The van der Waals surface area contributed by atoms with Gasteiger partial charge in [-0.1, -0.05) is 48.7 Å². The highest BCUT2D eigenvalue weighted by atomic mass is 35.5. The van der Waals surface area contributed by atoms with Crippen LogP contribution in [-0.4, -0.2) is 0 Å². The van der Waals surface area contributed by atoms with E-state index in [1.54, 1.807) is 0 Å². The molecular formula is C18H19ClO.